The number of nitrogens with two attached hydrogens (primary N) is 1. The fourth-order valence-corrected chi connectivity index (χ4v) is 3.93. The fourth-order valence-electron chi connectivity index (χ4n) is 2.10. The number of hydrogen-bond donors (Lipinski definition) is 1. The van der Waals surface area contributed by atoms with Crippen LogP contribution in [0.5, 0.6) is 0 Å². The molecule has 0 aromatic heterocycles. The van der Waals surface area contributed by atoms with E-state index in [0.29, 0.717) is 18.1 Å². The van der Waals surface area contributed by atoms with Gasteiger partial charge in [0.2, 0.25) is 10.0 Å². The smallest absolute Gasteiger partial charge is 0.243 e. The normalized spacial score (nSPS) is 20.7. The van der Waals surface area contributed by atoms with Crippen LogP contribution in [0.2, 0.25) is 5.02 Å². The zero-order valence-electron chi connectivity index (χ0n) is 9.75. The quantitative estimate of drug-likeness (QED) is 0.927. The predicted octanol–water partition coefficient (Wildman–Crippen LogP) is 1.87. The highest BCUT2D eigenvalue weighted by molar-refractivity contribution is 7.89. The van der Waals surface area contributed by atoms with Crippen molar-refractivity contribution in [1.29, 1.82) is 0 Å². The van der Waals surface area contributed by atoms with Gasteiger partial charge in [-0.15, -0.1) is 12.4 Å². The molecule has 2 N–H and O–H groups in total. The minimum atomic E-state index is -3.42. The van der Waals surface area contributed by atoms with Gasteiger partial charge in [-0.25, -0.2) is 8.42 Å². The van der Waals surface area contributed by atoms with Crippen molar-refractivity contribution in [2.75, 3.05) is 13.1 Å². The van der Waals surface area contributed by atoms with E-state index in [1.54, 1.807) is 12.1 Å². The molecule has 18 heavy (non-hydrogen) atoms. The van der Waals surface area contributed by atoms with Crippen molar-refractivity contribution in [3.8, 4) is 0 Å². The first-order valence-corrected chi connectivity index (χ1v) is 7.35. The van der Waals surface area contributed by atoms with E-state index in [9.17, 15) is 8.42 Å². The third-order valence-electron chi connectivity index (χ3n) is 3.02. The van der Waals surface area contributed by atoms with Crippen LogP contribution in [0, 0.1) is 0 Å². The van der Waals surface area contributed by atoms with Gasteiger partial charge in [0.25, 0.3) is 0 Å². The Hall–Kier alpha value is -0.330. The summed E-state index contributed by atoms with van der Waals surface area (Å²) in [5.74, 6) is 0. The molecule has 102 valence electrons. The van der Waals surface area contributed by atoms with Crippen molar-refractivity contribution in [1.82, 2.24) is 4.31 Å². The van der Waals surface area contributed by atoms with Crippen LogP contribution in [0.25, 0.3) is 0 Å². The average molecular weight is 311 g/mol. The second kappa shape index (κ2) is 6.21. The Labute approximate surface area is 119 Å². The molecule has 0 amide bonds. The van der Waals surface area contributed by atoms with Gasteiger partial charge in [0.1, 0.15) is 0 Å². The molecule has 1 aliphatic heterocycles. The Balaban J connectivity index is 0.00000162. The van der Waals surface area contributed by atoms with Crippen molar-refractivity contribution in [2.45, 2.75) is 23.8 Å². The molecule has 0 bridgehead atoms. The largest absolute Gasteiger partial charge is 0.329 e. The number of sulfonamides is 1. The first kappa shape index (κ1) is 15.7. The van der Waals surface area contributed by atoms with Gasteiger partial charge < -0.3 is 5.73 Å². The summed E-state index contributed by atoms with van der Waals surface area (Å²) in [4.78, 5) is 0.280. The summed E-state index contributed by atoms with van der Waals surface area (Å²) >= 11 is 5.75. The Morgan fingerprint density at radius 3 is 2.50 bits per heavy atom. The number of rotatable bonds is 3. The Morgan fingerprint density at radius 1 is 1.33 bits per heavy atom. The summed E-state index contributed by atoms with van der Waals surface area (Å²) in [5.41, 5.74) is 5.60. The molecule has 7 heteroatoms. The molecule has 1 atom stereocenters. The third-order valence-corrected chi connectivity index (χ3v) is 5.23. The Morgan fingerprint density at radius 2 is 1.94 bits per heavy atom. The van der Waals surface area contributed by atoms with Crippen molar-refractivity contribution >= 4 is 34.0 Å². The molecule has 1 unspecified atom stereocenters. The summed E-state index contributed by atoms with van der Waals surface area (Å²) in [6, 6.07) is 6.16. The van der Waals surface area contributed by atoms with E-state index in [2.05, 4.69) is 0 Å². The highest BCUT2D eigenvalue weighted by atomic mass is 35.5. The van der Waals surface area contributed by atoms with Gasteiger partial charge >= 0.3 is 0 Å². The lowest BCUT2D eigenvalue weighted by molar-refractivity contribution is 0.393. The zero-order valence-corrected chi connectivity index (χ0v) is 12.1. The molecule has 0 saturated carbocycles. The van der Waals surface area contributed by atoms with E-state index in [0.717, 1.165) is 12.8 Å². The predicted molar refractivity (Wildman–Crippen MR) is 74.7 cm³/mol. The highest BCUT2D eigenvalue weighted by Crippen LogP contribution is 2.26. The molecular weight excluding hydrogens is 295 g/mol. The van der Waals surface area contributed by atoms with Crippen molar-refractivity contribution in [2.24, 2.45) is 5.73 Å². The lowest BCUT2D eigenvalue weighted by Gasteiger charge is -2.22. The summed E-state index contributed by atoms with van der Waals surface area (Å²) in [7, 11) is -3.42. The number of halogens is 2. The van der Waals surface area contributed by atoms with Crippen LogP contribution in [0.15, 0.2) is 29.2 Å². The first-order chi connectivity index (χ1) is 8.05. The maximum atomic E-state index is 12.3. The van der Waals surface area contributed by atoms with Crippen LogP contribution in [-0.4, -0.2) is 31.9 Å². The molecular formula is C11H16Cl2N2O2S. The molecule has 0 spiro atoms. The van der Waals surface area contributed by atoms with Gasteiger partial charge in [0, 0.05) is 24.2 Å². The summed E-state index contributed by atoms with van der Waals surface area (Å²) in [5, 5.41) is 0.528. The average Bonchev–Trinajstić information content (AvgIpc) is 2.78. The topological polar surface area (TPSA) is 63.4 Å². The fraction of sp³-hybridized carbons (Fsp3) is 0.455. The van der Waals surface area contributed by atoms with Gasteiger partial charge in [-0.05, 0) is 37.1 Å². The Bertz CT molecular complexity index is 490. The Kier molecular flexibility index (Phi) is 5.43. The molecule has 1 aromatic carbocycles. The second-order valence-electron chi connectivity index (χ2n) is 4.10. The number of hydrogen-bond acceptors (Lipinski definition) is 3. The van der Waals surface area contributed by atoms with Crippen LogP contribution in [0.3, 0.4) is 0 Å². The van der Waals surface area contributed by atoms with Gasteiger partial charge in [-0.3, -0.25) is 0 Å². The third kappa shape index (κ3) is 2.97. The summed E-state index contributed by atoms with van der Waals surface area (Å²) < 4.78 is 26.2. The molecule has 1 aromatic rings. The molecule has 1 fully saturated rings. The van der Waals surface area contributed by atoms with Crippen LogP contribution in [-0.2, 0) is 10.0 Å². The molecule has 4 nitrogen and oxygen atoms in total. The van der Waals surface area contributed by atoms with Crippen LogP contribution in [0.4, 0.5) is 0 Å². The van der Waals surface area contributed by atoms with E-state index in [4.69, 9.17) is 17.3 Å². The summed E-state index contributed by atoms with van der Waals surface area (Å²) in [6.45, 7) is 0.916. The maximum Gasteiger partial charge on any atom is 0.243 e. The molecule has 0 radical (unpaired) electrons. The van der Waals surface area contributed by atoms with Crippen LogP contribution >= 0.6 is 24.0 Å². The van der Waals surface area contributed by atoms with E-state index in [1.165, 1.54) is 16.4 Å². The maximum absolute atomic E-state index is 12.3. The van der Waals surface area contributed by atoms with E-state index < -0.39 is 10.0 Å². The standard InChI is InChI=1S/C11H15ClN2O2S.ClH/c12-9-3-5-11(6-4-9)17(15,16)14-7-1-2-10(14)8-13;/h3-6,10H,1-2,7-8,13H2;1H. The van der Waals surface area contributed by atoms with E-state index in [-0.39, 0.29) is 23.3 Å². The van der Waals surface area contributed by atoms with Gasteiger partial charge in [-0.1, -0.05) is 11.6 Å². The first-order valence-electron chi connectivity index (χ1n) is 5.53. The lowest BCUT2D eigenvalue weighted by Crippen LogP contribution is -2.39. The minimum Gasteiger partial charge on any atom is -0.329 e. The summed E-state index contributed by atoms with van der Waals surface area (Å²) in [6.07, 6.45) is 1.71. The van der Waals surface area contributed by atoms with Gasteiger partial charge in [0.05, 0.1) is 4.90 Å². The van der Waals surface area contributed by atoms with Crippen LogP contribution in [0.1, 0.15) is 12.8 Å². The highest BCUT2D eigenvalue weighted by Gasteiger charge is 2.34. The monoisotopic (exact) mass is 310 g/mol. The second-order valence-corrected chi connectivity index (χ2v) is 6.43. The minimum absolute atomic E-state index is 0. The molecule has 1 aliphatic rings. The van der Waals surface area contributed by atoms with Crippen molar-refractivity contribution < 1.29 is 8.42 Å². The van der Waals surface area contributed by atoms with Gasteiger partial charge in [-0.2, -0.15) is 4.31 Å². The number of nitrogens with zero attached hydrogens (tertiary/aromatic N) is 1. The molecule has 0 aliphatic carbocycles. The van der Waals surface area contributed by atoms with Crippen molar-refractivity contribution in [3.63, 3.8) is 0 Å². The molecule has 2 rings (SSSR count). The van der Waals surface area contributed by atoms with Gasteiger partial charge in [0.15, 0.2) is 0 Å². The number of benzene rings is 1. The van der Waals surface area contributed by atoms with Crippen LogP contribution < -0.4 is 5.73 Å². The lowest BCUT2D eigenvalue weighted by atomic mass is 10.2. The SMILES string of the molecule is Cl.NCC1CCCN1S(=O)(=O)c1ccc(Cl)cc1. The van der Waals surface area contributed by atoms with Crippen molar-refractivity contribution in [3.05, 3.63) is 29.3 Å². The molecule has 1 heterocycles. The zero-order chi connectivity index (χ0) is 12.5. The van der Waals surface area contributed by atoms with E-state index >= 15 is 0 Å². The van der Waals surface area contributed by atoms with E-state index in [1.807, 2.05) is 0 Å². The molecule has 1 saturated heterocycles.